The molecule has 0 rings (SSSR count). The van der Waals surface area contributed by atoms with Crippen molar-refractivity contribution < 1.29 is 19.2 Å². The topological polar surface area (TPSA) is 0 Å². The fourth-order valence-corrected chi connectivity index (χ4v) is 0.661. The van der Waals surface area contributed by atoms with Crippen LogP contribution >= 0.6 is 0 Å². The molecule has 0 bridgehead atoms. The maximum absolute atomic E-state index is 3.09. The standard InChI is InChI=1S/C4H9.Pd/c1-3-4-2;/h1,3-4H2,2H3;. The van der Waals surface area contributed by atoms with Crippen molar-refractivity contribution in [3.63, 3.8) is 0 Å². The molecule has 0 aliphatic rings. The van der Waals surface area contributed by atoms with Crippen molar-refractivity contribution in [3.8, 4) is 0 Å². The Labute approximate surface area is 44.4 Å². The van der Waals surface area contributed by atoms with Crippen LogP contribution in [0.25, 0.3) is 0 Å². The number of hydrogen-bond acceptors (Lipinski definition) is 0. The molecule has 0 saturated carbocycles. The molecule has 0 aromatic rings. The molecule has 0 unspecified atom stereocenters. The van der Waals surface area contributed by atoms with Crippen LogP contribution in [-0.4, -0.2) is 0 Å². The van der Waals surface area contributed by atoms with Crippen molar-refractivity contribution in [2.45, 2.75) is 24.7 Å². The molecular weight excluding hydrogens is 154 g/mol. The SMILES string of the molecule is CCC[CH2][Pd]. The zero-order valence-electron chi connectivity index (χ0n) is 3.44. The summed E-state index contributed by atoms with van der Waals surface area (Å²) >= 11 is 3.09. The quantitative estimate of drug-likeness (QED) is 0.544. The first kappa shape index (κ1) is 5.66. The average Bonchev–Trinajstić information content (AvgIpc) is 1.41. The van der Waals surface area contributed by atoms with Gasteiger partial charge in [-0.25, -0.2) is 0 Å². The average molecular weight is 164 g/mol. The minimum atomic E-state index is 1.19. The Bertz CT molecular complexity index is 11.1. The van der Waals surface area contributed by atoms with Gasteiger partial charge in [-0.15, -0.1) is 0 Å². The molecule has 0 amide bonds. The van der Waals surface area contributed by atoms with Gasteiger partial charge in [0, 0.05) is 0 Å². The Hall–Kier alpha value is 0.662. The van der Waals surface area contributed by atoms with E-state index < -0.39 is 0 Å². The zero-order chi connectivity index (χ0) is 4.12. The fourth-order valence-electron chi connectivity index (χ4n) is 0.112. The second-order valence-electron chi connectivity index (χ2n) is 1.01. The normalized spacial score (nSPS) is 8.60. The van der Waals surface area contributed by atoms with Crippen LogP contribution in [0.15, 0.2) is 0 Å². The van der Waals surface area contributed by atoms with Crippen LogP contribution in [-0.2, 0) is 19.2 Å². The van der Waals surface area contributed by atoms with Crippen molar-refractivity contribution in [1.82, 2.24) is 0 Å². The third-order valence-corrected chi connectivity index (χ3v) is 1.01. The van der Waals surface area contributed by atoms with Crippen molar-refractivity contribution in [2.75, 3.05) is 0 Å². The van der Waals surface area contributed by atoms with Gasteiger partial charge in [0.25, 0.3) is 0 Å². The predicted molar refractivity (Wildman–Crippen MR) is 19.7 cm³/mol. The van der Waals surface area contributed by atoms with Gasteiger partial charge < -0.3 is 0 Å². The van der Waals surface area contributed by atoms with Crippen molar-refractivity contribution >= 4 is 0 Å². The molecule has 0 nitrogen and oxygen atoms in total. The maximum atomic E-state index is 3.09. The van der Waals surface area contributed by atoms with Gasteiger partial charge in [0.2, 0.25) is 0 Å². The Kier molecular flexibility index (Phi) is 5.28. The van der Waals surface area contributed by atoms with Gasteiger partial charge in [0.05, 0.1) is 0 Å². The molecule has 0 aliphatic heterocycles. The van der Waals surface area contributed by atoms with E-state index in [4.69, 9.17) is 0 Å². The minimum absolute atomic E-state index is 1.19. The molecule has 0 saturated heterocycles. The van der Waals surface area contributed by atoms with E-state index in [9.17, 15) is 0 Å². The summed E-state index contributed by atoms with van der Waals surface area (Å²) in [6, 6.07) is 0. The van der Waals surface area contributed by atoms with E-state index in [-0.39, 0.29) is 0 Å². The molecule has 0 aromatic carbocycles. The van der Waals surface area contributed by atoms with Gasteiger partial charge in [0.1, 0.15) is 0 Å². The van der Waals surface area contributed by atoms with E-state index in [2.05, 4.69) is 26.1 Å². The Morgan fingerprint density at radius 1 is 1.60 bits per heavy atom. The number of rotatable bonds is 2. The number of unbranched alkanes of at least 4 members (excludes halogenated alkanes) is 1. The molecule has 0 radical (unpaired) electrons. The second kappa shape index (κ2) is 4.66. The first-order valence-electron chi connectivity index (χ1n) is 1.93. The van der Waals surface area contributed by atoms with Gasteiger partial charge >= 0.3 is 43.9 Å². The summed E-state index contributed by atoms with van der Waals surface area (Å²) < 4.78 is 0. The van der Waals surface area contributed by atoms with Gasteiger partial charge in [-0.1, -0.05) is 0 Å². The first-order valence-corrected chi connectivity index (χ1v) is 3.03. The second-order valence-corrected chi connectivity index (χ2v) is 1.79. The molecule has 0 fully saturated rings. The summed E-state index contributed by atoms with van der Waals surface area (Å²) in [6.45, 7) is 2.19. The predicted octanol–water partition coefficient (Wildman–Crippen LogP) is 1.75. The summed E-state index contributed by atoms with van der Waals surface area (Å²) in [7, 11) is 0. The summed E-state index contributed by atoms with van der Waals surface area (Å²) in [4.78, 5) is 1.19. The van der Waals surface area contributed by atoms with Gasteiger partial charge in [0.15, 0.2) is 0 Å². The molecule has 1 heteroatoms. The monoisotopic (exact) mass is 163 g/mol. The van der Waals surface area contributed by atoms with Crippen molar-refractivity contribution in [1.29, 1.82) is 0 Å². The summed E-state index contributed by atoms with van der Waals surface area (Å²) in [5.41, 5.74) is 0. The molecule has 0 aliphatic carbocycles. The van der Waals surface area contributed by atoms with Crippen LogP contribution < -0.4 is 0 Å². The van der Waals surface area contributed by atoms with Crippen LogP contribution in [0.5, 0.6) is 0 Å². The van der Waals surface area contributed by atoms with Crippen LogP contribution in [0.1, 0.15) is 19.8 Å². The van der Waals surface area contributed by atoms with Crippen LogP contribution in [0.2, 0.25) is 4.89 Å². The molecule has 0 N–H and O–H groups in total. The van der Waals surface area contributed by atoms with Crippen molar-refractivity contribution in [2.24, 2.45) is 0 Å². The number of hydrogen-bond donors (Lipinski definition) is 0. The summed E-state index contributed by atoms with van der Waals surface area (Å²) in [5.74, 6) is 0. The molecule has 0 spiro atoms. The van der Waals surface area contributed by atoms with E-state index in [0.29, 0.717) is 0 Å². The third-order valence-electron chi connectivity index (χ3n) is 0.465. The Morgan fingerprint density at radius 2 is 2.20 bits per heavy atom. The molecular formula is C4H9Pd. The zero-order valence-corrected chi connectivity index (χ0v) is 4.99. The third kappa shape index (κ3) is 4.66. The van der Waals surface area contributed by atoms with E-state index >= 15 is 0 Å². The van der Waals surface area contributed by atoms with Gasteiger partial charge in [-0.2, -0.15) is 0 Å². The summed E-state index contributed by atoms with van der Waals surface area (Å²) in [5, 5.41) is 0. The van der Waals surface area contributed by atoms with Crippen LogP contribution in [0, 0.1) is 0 Å². The van der Waals surface area contributed by atoms with Crippen LogP contribution in [0.3, 0.4) is 0 Å². The fraction of sp³-hybridized carbons (Fsp3) is 1.00. The molecule has 0 atom stereocenters. The van der Waals surface area contributed by atoms with E-state index in [1.165, 1.54) is 17.7 Å². The van der Waals surface area contributed by atoms with Crippen molar-refractivity contribution in [3.05, 3.63) is 0 Å². The van der Waals surface area contributed by atoms with E-state index in [1.54, 1.807) is 0 Å². The Balaban J connectivity index is 2.19. The first-order chi connectivity index (χ1) is 2.41. The molecule has 0 aromatic heterocycles. The van der Waals surface area contributed by atoms with Gasteiger partial charge in [-0.3, -0.25) is 0 Å². The van der Waals surface area contributed by atoms with Gasteiger partial charge in [-0.05, 0) is 0 Å². The summed E-state index contributed by atoms with van der Waals surface area (Å²) in [6.07, 6.45) is 2.63. The van der Waals surface area contributed by atoms with Crippen LogP contribution in [0.4, 0.5) is 0 Å². The van der Waals surface area contributed by atoms with E-state index in [1.807, 2.05) is 0 Å². The molecule has 0 heterocycles. The van der Waals surface area contributed by atoms with E-state index in [0.717, 1.165) is 0 Å². The molecule has 35 valence electrons. The molecule has 5 heavy (non-hydrogen) atoms. The Morgan fingerprint density at radius 3 is 2.20 bits per heavy atom.